The summed E-state index contributed by atoms with van der Waals surface area (Å²) in [4.78, 5) is 23.1. The fraction of sp³-hybridized carbons (Fsp3) is 0.455. The number of hydrogen-bond donors (Lipinski definition) is 2. The summed E-state index contributed by atoms with van der Waals surface area (Å²) < 4.78 is 48.0. The minimum atomic E-state index is -1.51. The van der Waals surface area contributed by atoms with Crippen molar-refractivity contribution in [2.24, 2.45) is 22.9 Å². The zero-order valence-corrected chi connectivity index (χ0v) is 38.4. The Morgan fingerprint density at radius 1 is 0.925 bits per heavy atom. The van der Waals surface area contributed by atoms with Gasteiger partial charge in [0.15, 0.2) is 0 Å². The lowest BCUT2D eigenvalue weighted by molar-refractivity contribution is -0.256. The van der Waals surface area contributed by atoms with E-state index in [4.69, 9.17) is 33.7 Å². The summed E-state index contributed by atoms with van der Waals surface area (Å²) in [6, 6.07) is 25.7. The fourth-order valence-electron chi connectivity index (χ4n) is 10.7. The molecule has 2 aliphatic carbocycles. The Morgan fingerprint density at radius 2 is 1.72 bits per heavy atom. The molecule has 11 nitrogen and oxygen atoms in total. The third-order valence-corrected chi connectivity index (χ3v) is 13.8. The Morgan fingerprint density at radius 3 is 2.51 bits per heavy atom. The predicted octanol–water partition coefficient (Wildman–Crippen LogP) is 10.9. The number of carbonyl (C=O) groups excluding carboxylic acids is 1. The molecule has 2 aliphatic heterocycles. The Labute approximate surface area is 393 Å². The van der Waals surface area contributed by atoms with Crippen LogP contribution >= 0.6 is 0 Å². The highest BCUT2D eigenvalue weighted by atomic mass is 19.1. The van der Waals surface area contributed by atoms with Crippen LogP contribution in [0, 0.1) is 23.6 Å². The lowest BCUT2D eigenvalue weighted by Gasteiger charge is -2.60. The van der Waals surface area contributed by atoms with Gasteiger partial charge in [0.1, 0.15) is 30.0 Å². The van der Waals surface area contributed by atoms with Crippen LogP contribution < -0.4 is 9.47 Å². The number of benzene rings is 4. The second-order valence-electron chi connectivity index (χ2n) is 18.0. The van der Waals surface area contributed by atoms with E-state index in [-0.39, 0.29) is 69.6 Å². The summed E-state index contributed by atoms with van der Waals surface area (Å²) in [6.07, 6.45) is 12.3. The normalized spacial score (nSPS) is 24.7. The van der Waals surface area contributed by atoms with Gasteiger partial charge < -0.3 is 38.7 Å². The molecule has 0 radical (unpaired) electrons. The number of allylic oxidation sites excluding steroid dienone is 1. The number of aliphatic hydroxyl groups excluding tert-OH is 2. The molecular formula is C55H65FN2O9. The van der Waals surface area contributed by atoms with Gasteiger partial charge in [0, 0.05) is 43.1 Å². The van der Waals surface area contributed by atoms with Crippen LogP contribution in [0.3, 0.4) is 0 Å². The van der Waals surface area contributed by atoms with E-state index in [1.807, 2.05) is 42.5 Å². The zero-order valence-electron chi connectivity index (χ0n) is 38.4. The van der Waals surface area contributed by atoms with Crippen molar-refractivity contribution in [1.82, 2.24) is 4.90 Å². The Hall–Kier alpha value is -5.53. The first-order valence-corrected chi connectivity index (χ1v) is 24.1. The van der Waals surface area contributed by atoms with Crippen molar-refractivity contribution in [3.63, 3.8) is 0 Å². The maximum Gasteiger partial charge on any atom is 0.410 e. The van der Waals surface area contributed by atoms with E-state index < -0.39 is 30.1 Å². The molecule has 4 aromatic carbocycles. The molecule has 1 unspecified atom stereocenters. The first-order chi connectivity index (χ1) is 32.9. The number of carbonyl (C=O) groups is 1. The number of rotatable bonds is 22. The smallest absolute Gasteiger partial charge is 0.410 e. The van der Waals surface area contributed by atoms with Crippen molar-refractivity contribution in [2.45, 2.75) is 108 Å². The van der Waals surface area contributed by atoms with Gasteiger partial charge in [0.05, 0.1) is 38.0 Å². The number of hydrogen-bond acceptors (Lipinski definition) is 10. The van der Waals surface area contributed by atoms with Crippen LogP contribution in [0.5, 0.6) is 11.5 Å². The van der Waals surface area contributed by atoms with Gasteiger partial charge in [-0.05, 0) is 103 Å². The van der Waals surface area contributed by atoms with Crippen LogP contribution in [0.4, 0.5) is 9.18 Å². The van der Waals surface area contributed by atoms with Crippen LogP contribution in [0.2, 0.25) is 0 Å². The van der Waals surface area contributed by atoms with Gasteiger partial charge in [0.25, 0.3) is 0 Å². The van der Waals surface area contributed by atoms with Crippen molar-refractivity contribution < 1.29 is 47.9 Å². The van der Waals surface area contributed by atoms with Gasteiger partial charge in [-0.25, -0.2) is 9.18 Å². The van der Waals surface area contributed by atoms with E-state index in [1.54, 1.807) is 35.3 Å². The SMILES string of the molecule is C=CCCOC(=O)N(Cc1cccc2ccccc12)[C@H]1CC(=NOC2CCCCO2)C2=C[C@H](CCCCO)[C@@H](CCCCO)[C@@H]3c4cc(OCc5ccccc5F)ccc4O[C@@]1(OCC=C)[C@H]23. The molecule has 1 amide bonds. The number of fused-ring (bicyclic) bond motifs is 3. The second kappa shape index (κ2) is 23.0. The van der Waals surface area contributed by atoms with E-state index in [1.165, 1.54) is 6.07 Å². The fourth-order valence-corrected chi connectivity index (χ4v) is 10.7. The van der Waals surface area contributed by atoms with Gasteiger partial charge in [-0.1, -0.05) is 96.9 Å². The van der Waals surface area contributed by atoms with Gasteiger partial charge >= 0.3 is 6.09 Å². The molecule has 0 bridgehead atoms. The van der Waals surface area contributed by atoms with Crippen molar-refractivity contribution in [2.75, 3.05) is 33.0 Å². The average Bonchev–Trinajstić information content (AvgIpc) is 3.35. The van der Waals surface area contributed by atoms with Crippen LogP contribution in [-0.2, 0) is 32.2 Å². The van der Waals surface area contributed by atoms with Crippen LogP contribution in [-0.4, -0.2) is 78.1 Å². The lowest BCUT2D eigenvalue weighted by Crippen LogP contribution is -2.70. The molecule has 0 aromatic heterocycles. The number of aliphatic hydroxyl groups is 2. The summed E-state index contributed by atoms with van der Waals surface area (Å²) in [6.45, 7) is 9.09. The number of unbranched alkanes of at least 4 members (excludes halogenated alkanes) is 2. The van der Waals surface area contributed by atoms with Crippen LogP contribution in [0.1, 0.15) is 93.2 Å². The highest BCUT2D eigenvalue weighted by molar-refractivity contribution is 6.03. The highest BCUT2D eigenvalue weighted by Crippen LogP contribution is 2.62. The molecule has 2 heterocycles. The molecule has 356 valence electrons. The van der Waals surface area contributed by atoms with Gasteiger partial charge in [-0.2, -0.15) is 0 Å². The first kappa shape index (κ1) is 47.9. The van der Waals surface area contributed by atoms with Crippen LogP contribution in [0.25, 0.3) is 10.8 Å². The molecule has 1 saturated carbocycles. The topological polar surface area (TPSA) is 129 Å². The monoisotopic (exact) mass is 916 g/mol. The van der Waals surface area contributed by atoms with Gasteiger partial charge in [-0.3, -0.25) is 4.90 Å². The quantitative estimate of drug-likeness (QED) is 0.0450. The number of halogens is 1. The lowest BCUT2D eigenvalue weighted by atomic mass is 9.55. The summed E-state index contributed by atoms with van der Waals surface area (Å²) in [7, 11) is 0. The summed E-state index contributed by atoms with van der Waals surface area (Å²) >= 11 is 0. The standard InChI is InChI=1S/C55H65FN2O9/c1-3-5-31-63-54(61)58(36-40-21-16-20-38-17-6-8-22-43(38)40)50-35-48(57-67-51-25-12-15-32-62-51)45-33-39(18-10-13-28-59)44(23-11-14-29-60)52-46-34-42(64-37-41-19-7-9-24-47(41)56)26-27-49(46)66-55(50,53(45)52)65-30-4-2/h3-4,6-9,16-17,19-22,24,26-27,33-34,39,44,50-53,59-60H,1-2,5,10-15,18,23,25,28-32,35-37H2/t39-,44+,50-,51?,52+,53+,55+/m0/s1. The number of oxime groups is 1. The molecule has 67 heavy (non-hydrogen) atoms. The van der Waals surface area contributed by atoms with Crippen molar-refractivity contribution in [3.8, 4) is 11.5 Å². The minimum absolute atomic E-state index is 0.0103. The largest absolute Gasteiger partial charge is 0.489 e. The number of amides is 1. The van der Waals surface area contributed by atoms with E-state index in [2.05, 4.69) is 37.4 Å². The molecule has 4 aliphatic rings. The van der Waals surface area contributed by atoms with Crippen molar-refractivity contribution in [1.29, 1.82) is 0 Å². The van der Waals surface area contributed by atoms with Crippen molar-refractivity contribution in [3.05, 3.63) is 144 Å². The molecule has 12 heteroatoms. The van der Waals surface area contributed by atoms with E-state index in [0.29, 0.717) is 55.1 Å². The average molecular weight is 917 g/mol. The first-order valence-electron chi connectivity index (χ1n) is 24.1. The Kier molecular flexibility index (Phi) is 16.4. The van der Waals surface area contributed by atoms with Gasteiger partial charge in [0.2, 0.25) is 12.1 Å². The molecule has 8 rings (SSSR count). The summed E-state index contributed by atoms with van der Waals surface area (Å²) in [5.74, 6) is -1.57. The zero-order chi connectivity index (χ0) is 46.6. The molecule has 1 saturated heterocycles. The summed E-state index contributed by atoms with van der Waals surface area (Å²) in [5, 5.41) is 27.1. The minimum Gasteiger partial charge on any atom is -0.489 e. The second-order valence-corrected chi connectivity index (χ2v) is 18.0. The maximum atomic E-state index is 15.0. The van der Waals surface area contributed by atoms with Crippen LogP contribution in [0.15, 0.2) is 127 Å². The number of nitrogens with zero attached hydrogens (tertiary/aromatic N) is 2. The number of ether oxygens (including phenoxy) is 5. The highest BCUT2D eigenvalue weighted by Gasteiger charge is 2.66. The molecular weight excluding hydrogens is 852 g/mol. The van der Waals surface area contributed by atoms with E-state index in [9.17, 15) is 19.4 Å². The van der Waals surface area contributed by atoms with E-state index >= 15 is 0 Å². The maximum absolute atomic E-state index is 15.0. The van der Waals surface area contributed by atoms with E-state index in [0.717, 1.165) is 66.0 Å². The predicted molar refractivity (Wildman–Crippen MR) is 256 cm³/mol. The molecule has 7 atom stereocenters. The molecule has 2 fully saturated rings. The van der Waals surface area contributed by atoms with Crippen molar-refractivity contribution >= 4 is 22.6 Å². The Balaban J connectivity index is 1.34. The molecule has 0 spiro atoms. The molecule has 4 aromatic rings. The third kappa shape index (κ3) is 10.8. The third-order valence-electron chi connectivity index (χ3n) is 13.8. The molecule has 2 N–H and O–H groups in total. The Bertz CT molecular complexity index is 2380. The summed E-state index contributed by atoms with van der Waals surface area (Å²) in [5.41, 5.74) is 3.82. The van der Waals surface area contributed by atoms with Gasteiger partial charge in [-0.15, -0.1) is 13.2 Å².